The molecule has 0 radical (unpaired) electrons. The first-order valence-electron chi connectivity index (χ1n) is 8.41. The Labute approximate surface area is 164 Å². The van der Waals surface area contributed by atoms with E-state index in [0.29, 0.717) is 5.56 Å². The third kappa shape index (κ3) is 5.76. The van der Waals surface area contributed by atoms with E-state index in [1.165, 1.54) is 24.3 Å². The second kappa shape index (κ2) is 8.82. The van der Waals surface area contributed by atoms with Crippen molar-refractivity contribution in [2.24, 2.45) is 5.92 Å². The van der Waals surface area contributed by atoms with Crippen molar-refractivity contribution < 1.29 is 17.6 Å². The average molecular weight is 413 g/mol. The molecule has 0 bridgehead atoms. The largest absolute Gasteiger partial charge is 0.351 e. The van der Waals surface area contributed by atoms with Crippen LogP contribution in [0.4, 0.5) is 4.39 Å². The normalized spacial score (nSPS) is 12.8. The lowest BCUT2D eigenvalue weighted by Crippen LogP contribution is -2.49. The summed E-state index contributed by atoms with van der Waals surface area (Å²) in [5.74, 6) is -1.06. The lowest BCUT2D eigenvalue weighted by molar-refractivity contribution is -0.123. The highest BCUT2D eigenvalue weighted by molar-refractivity contribution is 7.89. The Morgan fingerprint density at radius 2 is 1.89 bits per heavy atom. The van der Waals surface area contributed by atoms with Crippen LogP contribution >= 0.6 is 11.6 Å². The maximum absolute atomic E-state index is 13.3. The molecule has 0 aliphatic heterocycles. The van der Waals surface area contributed by atoms with Crippen LogP contribution in [0.25, 0.3) is 0 Å². The Hall–Kier alpha value is -1.96. The van der Waals surface area contributed by atoms with Crippen molar-refractivity contribution in [1.82, 2.24) is 10.0 Å². The third-order valence-electron chi connectivity index (χ3n) is 4.03. The van der Waals surface area contributed by atoms with Crippen LogP contribution in [0.3, 0.4) is 0 Å². The summed E-state index contributed by atoms with van der Waals surface area (Å²) in [6, 6.07) is 9.40. The Bertz CT molecular complexity index is 932. The number of aryl methyl sites for hydroxylation is 1. The maximum atomic E-state index is 13.3. The van der Waals surface area contributed by atoms with Crippen LogP contribution in [0.15, 0.2) is 47.4 Å². The highest BCUT2D eigenvalue weighted by Crippen LogP contribution is 2.17. The molecule has 0 heterocycles. The van der Waals surface area contributed by atoms with Gasteiger partial charge in [-0.15, -0.1) is 0 Å². The highest BCUT2D eigenvalue weighted by Gasteiger charge is 2.28. The number of carbonyl (C=O) groups excluding carboxylic acids is 1. The number of hydrogen-bond donors (Lipinski definition) is 2. The van der Waals surface area contributed by atoms with Crippen molar-refractivity contribution in [1.29, 1.82) is 0 Å². The van der Waals surface area contributed by atoms with Crippen molar-refractivity contribution >= 4 is 27.5 Å². The molecule has 2 N–H and O–H groups in total. The van der Waals surface area contributed by atoms with Gasteiger partial charge in [0.25, 0.3) is 0 Å². The number of hydrogen-bond acceptors (Lipinski definition) is 3. The van der Waals surface area contributed by atoms with E-state index in [4.69, 9.17) is 11.6 Å². The fourth-order valence-corrected chi connectivity index (χ4v) is 4.12. The Kier molecular flexibility index (Phi) is 6.97. The minimum Gasteiger partial charge on any atom is -0.351 e. The number of nitrogens with one attached hydrogen (secondary N) is 2. The van der Waals surface area contributed by atoms with E-state index in [0.717, 1.165) is 5.56 Å². The van der Waals surface area contributed by atoms with Crippen LogP contribution in [-0.2, 0) is 21.4 Å². The van der Waals surface area contributed by atoms with Crippen molar-refractivity contribution in [3.8, 4) is 0 Å². The number of amides is 1. The van der Waals surface area contributed by atoms with Crippen LogP contribution in [0.5, 0.6) is 0 Å². The summed E-state index contributed by atoms with van der Waals surface area (Å²) in [4.78, 5) is 12.5. The van der Waals surface area contributed by atoms with Crippen LogP contribution < -0.4 is 10.0 Å². The molecule has 2 aromatic rings. The molecule has 0 unspecified atom stereocenters. The zero-order valence-corrected chi connectivity index (χ0v) is 16.9. The molecule has 146 valence electrons. The molecule has 1 amide bonds. The zero-order chi connectivity index (χ0) is 20.2. The number of carbonyl (C=O) groups is 1. The van der Waals surface area contributed by atoms with Gasteiger partial charge in [-0.05, 0) is 48.2 Å². The van der Waals surface area contributed by atoms with E-state index in [2.05, 4.69) is 10.0 Å². The van der Waals surface area contributed by atoms with Gasteiger partial charge in [0.2, 0.25) is 15.9 Å². The highest BCUT2D eigenvalue weighted by atomic mass is 35.5. The second-order valence-corrected chi connectivity index (χ2v) is 8.75. The molecule has 0 aliphatic rings. The van der Waals surface area contributed by atoms with Crippen molar-refractivity contribution in [2.45, 2.75) is 38.3 Å². The first-order chi connectivity index (χ1) is 12.6. The average Bonchev–Trinajstić information content (AvgIpc) is 2.60. The van der Waals surface area contributed by atoms with Gasteiger partial charge in [-0.1, -0.05) is 43.6 Å². The van der Waals surface area contributed by atoms with E-state index in [9.17, 15) is 17.6 Å². The molecular weight excluding hydrogens is 391 g/mol. The van der Waals surface area contributed by atoms with E-state index >= 15 is 0 Å². The molecule has 2 rings (SSSR count). The van der Waals surface area contributed by atoms with Gasteiger partial charge in [0.05, 0.1) is 4.90 Å². The third-order valence-corrected chi connectivity index (χ3v) is 5.70. The minimum atomic E-state index is -3.91. The van der Waals surface area contributed by atoms with Crippen molar-refractivity contribution in [3.05, 3.63) is 64.4 Å². The summed E-state index contributed by atoms with van der Waals surface area (Å²) in [5.41, 5.74) is 1.20. The number of sulfonamides is 1. The first kappa shape index (κ1) is 21.3. The molecule has 2 aromatic carbocycles. The van der Waals surface area contributed by atoms with Crippen LogP contribution in [0.1, 0.15) is 25.0 Å². The van der Waals surface area contributed by atoms with Crippen LogP contribution in [0, 0.1) is 18.7 Å². The fraction of sp³-hybridized carbons (Fsp3) is 0.316. The van der Waals surface area contributed by atoms with Gasteiger partial charge in [0.1, 0.15) is 11.9 Å². The molecule has 0 saturated carbocycles. The number of benzene rings is 2. The molecule has 1 atom stereocenters. The maximum Gasteiger partial charge on any atom is 0.241 e. The van der Waals surface area contributed by atoms with E-state index in [1.807, 2.05) is 0 Å². The predicted molar refractivity (Wildman–Crippen MR) is 103 cm³/mol. The molecule has 0 aromatic heterocycles. The molecular formula is C19H22ClFN2O3S. The summed E-state index contributed by atoms with van der Waals surface area (Å²) in [6.07, 6.45) is 0. The molecule has 0 saturated heterocycles. The SMILES string of the molecule is Cc1cc(CNC(=O)[C@@H](NS(=O)(=O)c2cccc(Cl)c2)C(C)C)ccc1F. The first-order valence-corrected chi connectivity index (χ1v) is 10.3. The standard InChI is InChI=1S/C19H22ClFN2O3S/c1-12(2)18(23-27(25,26)16-6-4-5-15(20)10-16)19(24)22-11-14-7-8-17(21)13(3)9-14/h4-10,12,18,23H,11H2,1-3H3,(H,22,24)/t18-/m0/s1. The molecule has 0 aliphatic carbocycles. The van der Waals surface area contributed by atoms with Gasteiger partial charge in [-0.25, -0.2) is 12.8 Å². The topological polar surface area (TPSA) is 75.3 Å². The van der Waals surface area contributed by atoms with Gasteiger partial charge >= 0.3 is 0 Å². The van der Waals surface area contributed by atoms with Gasteiger partial charge in [-0.3, -0.25) is 4.79 Å². The van der Waals surface area contributed by atoms with Crippen LogP contribution in [-0.4, -0.2) is 20.4 Å². The zero-order valence-electron chi connectivity index (χ0n) is 15.3. The quantitative estimate of drug-likeness (QED) is 0.731. The van der Waals surface area contributed by atoms with E-state index in [-0.39, 0.29) is 28.2 Å². The molecule has 5 nitrogen and oxygen atoms in total. The van der Waals surface area contributed by atoms with Gasteiger partial charge in [0, 0.05) is 11.6 Å². The molecule has 8 heteroatoms. The molecule has 27 heavy (non-hydrogen) atoms. The fourth-order valence-electron chi connectivity index (χ4n) is 2.48. The lowest BCUT2D eigenvalue weighted by Gasteiger charge is -2.22. The monoisotopic (exact) mass is 412 g/mol. The van der Waals surface area contributed by atoms with E-state index < -0.39 is 22.0 Å². The van der Waals surface area contributed by atoms with Crippen molar-refractivity contribution in [3.63, 3.8) is 0 Å². The van der Waals surface area contributed by atoms with Crippen LogP contribution in [0.2, 0.25) is 5.02 Å². The van der Waals surface area contributed by atoms with Gasteiger partial charge < -0.3 is 5.32 Å². The molecule has 0 fully saturated rings. The van der Waals surface area contributed by atoms with Gasteiger partial charge in [-0.2, -0.15) is 4.72 Å². The Balaban J connectivity index is 2.11. The van der Waals surface area contributed by atoms with Crippen molar-refractivity contribution in [2.75, 3.05) is 0 Å². The summed E-state index contributed by atoms with van der Waals surface area (Å²) in [6.45, 7) is 5.29. The predicted octanol–water partition coefficient (Wildman–Crippen LogP) is 3.41. The number of rotatable bonds is 7. The Morgan fingerprint density at radius 3 is 2.48 bits per heavy atom. The summed E-state index contributed by atoms with van der Waals surface area (Å²) < 4.78 is 40.9. The van der Waals surface area contributed by atoms with E-state index in [1.54, 1.807) is 39.0 Å². The second-order valence-electron chi connectivity index (χ2n) is 6.60. The number of halogens is 2. The lowest BCUT2D eigenvalue weighted by atomic mass is 10.0. The summed E-state index contributed by atoms with van der Waals surface area (Å²) in [5, 5.41) is 2.99. The Morgan fingerprint density at radius 1 is 1.19 bits per heavy atom. The smallest absolute Gasteiger partial charge is 0.241 e. The van der Waals surface area contributed by atoms with Gasteiger partial charge in [0.15, 0.2) is 0 Å². The minimum absolute atomic E-state index is 0.0115. The molecule has 0 spiro atoms. The summed E-state index contributed by atoms with van der Waals surface area (Å²) in [7, 11) is -3.91. The summed E-state index contributed by atoms with van der Waals surface area (Å²) >= 11 is 5.86.